The molecule has 0 saturated carbocycles. The summed E-state index contributed by atoms with van der Waals surface area (Å²) in [6.07, 6.45) is 0. The first-order chi connectivity index (χ1) is 7.65. The zero-order valence-electron chi connectivity index (χ0n) is 9.46. The monoisotopic (exact) mass is 222 g/mol. The van der Waals surface area contributed by atoms with Gasteiger partial charge in [-0.2, -0.15) is 5.26 Å². The zero-order valence-corrected chi connectivity index (χ0v) is 9.46. The van der Waals surface area contributed by atoms with Crippen LogP contribution in [0.1, 0.15) is 29.5 Å². The van der Waals surface area contributed by atoms with Gasteiger partial charge in [-0.3, -0.25) is 0 Å². The summed E-state index contributed by atoms with van der Waals surface area (Å²) in [4.78, 5) is 0. The van der Waals surface area contributed by atoms with Crippen LogP contribution in [0.25, 0.3) is 0 Å². The lowest BCUT2D eigenvalue weighted by Gasteiger charge is -2.15. The number of nitrogens with zero attached hydrogens (tertiary/aromatic N) is 1. The van der Waals surface area contributed by atoms with Crippen molar-refractivity contribution in [3.63, 3.8) is 0 Å². The minimum atomic E-state index is -0.634. The van der Waals surface area contributed by atoms with Gasteiger partial charge in [0.25, 0.3) is 0 Å². The molecule has 0 fully saturated rings. The minimum Gasteiger partial charge on any atom is -0.398 e. The predicted molar refractivity (Wildman–Crippen MR) is 60.4 cm³/mol. The molecule has 0 heterocycles. The Bertz CT molecular complexity index is 412. The highest BCUT2D eigenvalue weighted by atomic mass is 19.1. The molecule has 0 saturated heterocycles. The molecule has 0 bridgehead atoms. The van der Waals surface area contributed by atoms with Crippen LogP contribution in [0.5, 0.6) is 0 Å². The summed E-state index contributed by atoms with van der Waals surface area (Å²) in [7, 11) is 1.53. The van der Waals surface area contributed by atoms with Crippen molar-refractivity contribution >= 4 is 5.69 Å². The zero-order chi connectivity index (χ0) is 12.1. The molecule has 0 aliphatic carbocycles. The Labute approximate surface area is 94.6 Å². The third kappa shape index (κ3) is 2.31. The molecule has 2 N–H and O–H groups in total. The van der Waals surface area contributed by atoms with E-state index in [1.54, 1.807) is 19.1 Å². The van der Waals surface area contributed by atoms with Crippen molar-refractivity contribution in [2.45, 2.75) is 26.1 Å². The Morgan fingerprint density at radius 2 is 2.19 bits per heavy atom. The molecule has 0 aromatic heterocycles. The van der Waals surface area contributed by atoms with Crippen molar-refractivity contribution in [1.29, 1.82) is 5.26 Å². The standard InChI is InChI=1S/C12H15FN2O/c1-8(6-14)9-3-4-12(15)11(7-16-2)10(9)5-13/h3-4,8H,5,7,15H2,1-2H3. The van der Waals surface area contributed by atoms with Gasteiger partial charge in [-0.15, -0.1) is 0 Å². The first-order valence-corrected chi connectivity index (χ1v) is 5.00. The maximum Gasteiger partial charge on any atom is 0.115 e. The number of hydrogen-bond acceptors (Lipinski definition) is 3. The van der Waals surface area contributed by atoms with Gasteiger partial charge in [0.05, 0.1) is 18.6 Å². The van der Waals surface area contributed by atoms with Gasteiger partial charge >= 0.3 is 0 Å². The molecule has 86 valence electrons. The average Bonchev–Trinajstić information content (AvgIpc) is 2.30. The van der Waals surface area contributed by atoms with Gasteiger partial charge in [-0.05, 0) is 24.1 Å². The maximum atomic E-state index is 13.0. The van der Waals surface area contributed by atoms with E-state index in [0.717, 1.165) is 0 Å². The summed E-state index contributed by atoms with van der Waals surface area (Å²) >= 11 is 0. The van der Waals surface area contributed by atoms with Crippen molar-refractivity contribution in [2.24, 2.45) is 0 Å². The molecular formula is C12H15FN2O. The van der Waals surface area contributed by atoms with Crippen molar-refractivity contribution in [3.05, 3.63) is 28.8 Å². The highest BCUT2D eigenvalue weighted by molar-refractivity contribution is 5.55. The van der Waals surface area contributed by atoms with Crippen LogP contribution in [-0.2, 0) is 18.0 Å². The fraction of sp³-hybridized carbons (Fsp3) is 0.417. The Morgan fingerprint density at radius 1 is 1.50 bits per heavy atom. The molecule has 0 spiro atoms. The smallest absolute Gasteiger partial charge is 0.115 e. The first kappa shape index (κ1) is 12.5. The van der Waals surface area contributed by atoms with E-state index >= 15 is 0 Å². The van der Waals surface area contributed by atoms with E-state index in [1.807, 2.05) is 0 Å². The van der Waals surface area contributed by atoms with E-state index in [9.17, 15) is 4.39 Å². The largest absolute Gasteiger partial charge is 0.398 e. The molecule has 1 atom stereocenters. The first-order valence-electron chi connectivity index (χ1n) is 5.00. The van der Waals surface area contributed by atoms with E-state index in [0.29, 0.717) is 22.4 Å². The van der Waals surface area contributed by atoms with Gasteiger partial charge in [-0.25, -0.2) is 4.39 Å². The number of halogens is 1. The number of rotatable bonds is 4. The molecule has 0 radical (unpaired) electrons. The summed E-state index contributed by atoms with van der Waals surface area (Å²) < 4.78 is 18.0. The molecule has 1 aromatic carbocycles. The van der Waals surface area contributed by atoms with Gasteiger partial charge in [0.2, 0.25) is 0 Å². The lowest BCUT2D eigenvalue weighted by Crippen LogP contribution is -2.06. The van der Waals surface area contributed by atoms with Crippen LogP contribution in [0.3, 0.4) is 0 Å². The van der Waals surface area contributed by atoms with Crippen LogP contribution in [0.2, 0.25) is 0 Å². The average molecular weight is 222 g/mol. The summed E-state index contributed by atoms with van der Waals surface area (Å²) in [5.74, 6) is -0.345. The Balaban J connectivity index is 3.31. The molecule has 1 aromatic rings. The number of nitriles is 1. The van der Waals surface area contributed by atoms with Crippen LogP contribution in [0.4, 0.5) is 10.1 Å². The van der Waals surface area contributed by atoms with Gasteiger partial charge in [0.1, 0.15) is 6.67 Å². The molecule has 1 unspecified atom stereocenters. The van der Waals surface area contributed by atoms with Crippen molar-refractivity contribution < 1.29 is 9.13 Å². The van der Waals surface area contributed by atoms with E-state index in [1.165, 1.54) is 7.11 Å². The summed E-state index contributed by atoms with van der Waals surface area (Å²) in [5.41, 5.74) is 8.08. The molecule has 4 heteroatoms. The van der Waals surface area contributed by atoms with Crippen LogP contribution >= 0.6 is 0 Å². The summed E-state index contributed by atoms with van der Waals surface area (Å²) in [6, 6.07) is 5.49. The van der Waals surface area contributed by atoms with Gasteiger partial charge in [0, 0.05) is 18.4 Å². The van der Waals surface area contributed by atoms with Crippen molar-refractivity contribution in [1.82, 2.24) is 0 Å². The number of hydrogen-bond donors (Lipinski definition) is 1. The van der Waals surface area contributed by atoms with Crippen LogP contribution < -0.4 is 5.73 Å². The highest BCUT2D eigenvalue weighted by Gasteiger charge is 2.15. The highest BCUT2D eigenvalue weighted by Crippen LogP contribution is 2.28. The van der Waals surface area contributed by atoms with Gasteiger partial charge in [0.15, 0.2) is 0 Å². The third-order valence-corrected chi connectivity index (χ3v) is 2.59. The molecule has 0 amide bonds. The fourth-order valence-electron chi connectivity index (χ4n) is 1.68. The lowest BCUT2D eigenvalue weighted by atomic mass is 9.93. The van der Waals surface area contributed by atoms with E-state index in [-0.39, 0.29) is 12.5 Å². The molecule has 16 heavy (non-hydrogen) atoms. The number of nitrogens with two attached hydrogens (primary N) is 1. The normalized spacial score (nSPS) is 12.1. The molecule has 0 aliphatic heterocycles. The van der Waals surface area contributed by atoms with Crippen LogP contribution in [0.15, 0.2) is 12.1 Å². The summed E-state index contributed by atoms with van der Waals surface area (Å²) in [6.45, 7) is 1.36. The second-order valence-corrected chi connectivity index (χ2v) is 3.62. The van der Waals surface area contributed by atoms with Crippen molar-refractivity contribution in [3.8, 4) is 6.07 Å². The van der Waals surface area contributed by atoms with E-state index in [4.69, 9.17) is 15.7 Å². The molecule has 1 rings (SSSR count). The number of anilines is 1. The quantitative estimate of drug-likeness (QED) is 0.796. The molecule has 3 nitrogen and oxygen atoms in total. The fourth-order valence-corrected chi connectivity index (χ4v) is 1.68. The maximum absolute atomic E-state index is 13.0. The summed E-state index contributed by atoms with van der Waals surface area (Å²) in [5, 5.41) is 8.86. The molecular weight excluding hydrogens is 207 g/mol. The van der Waals surface area contributed by atoms with E-state index in [2.05, 4.69) is 6.07 Å². The van der Waals surface area contributed by atoms with Crippen LogP contribution in [0, 0.1) is 11.3 Å². The molecule has 0 aliphatic rings. The third-order valence-electron chi connectivity index (χ3n) is 2.59. The lowest BCUT2D eigenvalue weighted by molar-refractivity contribution is 0.184. The Hall–Kier alpha value is -1.60. The Morgan fingerprint density at radius 3 is 2.69 bits per heavy atom. The predicted octanol–water partition coefficient (Wildman–Crippen LogP) is 2.51. The number of alkyl halides is 1. The number of methoxy groups -OCH3 is 1. The van der Waals surface area contributed by atoms with E-state index < -0.39 is 6.67 Å². The topological polar surface area (TPSA) is 59.0 Å². The number of ether oxygens (including phenoxy) is 1. The second kappa shape index (κ2) is 5.47. The van der Waals surface area contributed by atoms with Crippen LogP contribution in [-0.4, -0.2) is 7.11 Å². The minimum absolute atomic E-state index is 0.261. The van der Waals surface area contributed by atoms with Crippen molar-refractivity contribution in [2.75, 3.05) is 12.8 Å². The number of nitrogen functional groups attached to an aromatic ring is 1. The SMILES string of the molecule is COCc1c(N)ccc(C(C)C#N)c1CF. The van der Waals surface area contributed by atoms with Gasteiger partial charge in [-0.1, -0.05) is 6.07 Å². The second-order valence-electron chi connectivity index (χ2n) is 3.62. The van der Waals surface area contributed by atoms with Gasteiger partial charge < -0.3 is 10.5 Å². The number of benzene rings is 1. The Kier molecular flexibility index (Phi) is 4.27.